The Hall–Kier alpha value is -1.89. The van der Waals surface area contributed by atoms with E-state index in [0.29, 0.717) is 21.7 Å². The van der Waals surface area contributed by atoms with Crippen LogP contribution >= 0.6 is 15.9 Å². The molecule has 0 aliphatic carbocycles. The molecule has 2 aromatic rings. The molecule has 0 spiro atoms. The van der Waals surface area contributed by atoms with Crippen LogP contribution in [0.4, 0.5) is 5.95 Å². The molecule has 0 aliphatic rings. The number of aromatic nitrogens is 3. The molecule has 0 aliphatic heterocycles. The molecular formula is C10H9BrN4O2. The highest BCUT2D eigenvalue weighted by Crippen LogP contribution is 2.25. The highest BCUT2D eigenvalue weighted by molar-refractivity contribution is 9.10. The Kier molecular flexibility index (Phi) is 3.38. The van der Waals surface area contributed by atoms with Crippen molar-refractivity contribution in [3.63, 3.8) is 0 Å². The summed E-state index contributed by atoms with van der Waals surface area (Å²) in [5, 5.41) is 8.75. The van der Waals surface area contributed by atoms with Gasteiger partial charge in [0.25, 0.3) is 5.91 Å². The van der Waals surface area contributed by atoms with Crippen molar-refractivity contribution in [2.24, 2.45) is 0 Å². The highest BCUT2D eigenvalue weighted by Gasteiger charge is 2.10. The lowest BCUT2D eigenvalue weighted by molar-refractivity contribution is 0.102. The average molecular weight is 297 g/mol. The van der Waals surface area contributed by atoms with E-state index in [1.54, 1.807) is 25.3 Å². The van der Waals surface area contributed by atoms with Crippen molar-refractivity contribution >= 4 is 27.8 Å². The SMILES string of the molecule is COc1ccc(C(=O)Nc2ncn[nH]2)cc1Br. The van der Waals surface area contributed by atoms with Gasteiger partial charge in [-0.1, -0.05) is 0 Å². The van der Waals surface area contributed by atoms with Crippen LogP contribution in [-0.4, -0.2) is 28.2 Å². The number of H-pyrrole nitrogens is 1. The molecular weight excluding hydrogens is 288 g/mol. The molecule has 6 nitrogen and oxygen atoms in total. The number of nitrogens with zero attached hydrogens (tertiary/aromatic N) is 2. The van der Waals surface area contributed by atoms with Crippen LogP contribution in [0.5, 0.6) is 5.75 Å². The zero-order chi connectivity index (χ0) is 12.3. The summed E-state index contributed by atoms with van der Waals surface area (Å²) >= 11 is 3.31. The quantitative estimate of drug-likeness (QED) is 0.905. The molecule has 17 heavy (non-hydrogen) atoms. The summed E-state index contributed by atoms with van der Waals surface area (Å²) in [6.45, 7) is 0. The molecule has 1 aromatic heterocycles. The van der Waals surface area contributed by atoms with Crippen molar-refractivity contribution in [3.8, 4) is 5.75 Å². The van der Waals surface area contributed by atoms with E-state index in [2.05, 4.69) is 36.4 Å². The maximum absolute atomic E-state index is 11.8. The average Bonchev–Trinajstić information content (AvgIpc) is 2.81. The van der Waals surface area contributed by atoms with Crippen LogP contribution in [0.1, 0.15) is 10.4 Å². The standard InChI is InChI=1S/C10H9BrN4O2/c1-17-8-3-2-6(4-7(8)11)9(16)14-10-12-5-13-15-10/h2-5H,1H3,(H2,12,13,14,15,16). The van der Waals surface area contributed by atoms with Gasteiger partial charge in [-0.3, -0.25) is 10.1 Å². The maximum atomic E-state index is 11.8. The Morgan fingerprint density at radius 3 is 2.94 bits per heavy atom. The van der Waals surface area contributed by atoms with E-state index in [1.165, 1.54) is 6.33 Å². The fourth-order valence-corrected chi connectivity index (χ4v) is 1.79. The van der Waals surface area contributed by atoms with Crippen LogP contribution in [0.2, 0.25) is 0 Å². The minimum absolute atomic E-state index is 0.273. The number of aromatic amines is 1. The third-order valence-corrected chi connectivity index (χ3v) is 2.68. The van der Waals surface area contributed by atoms with Crippen molar-refractivity contribution < 1.29 is 9.53 Å². The molecule has 0 atom stereocenters. The van der Waals surface area contributed by atoms with Gasteiger partial charge >= 0.3 is 0 Å². The lowest BCUT2D eigenvalue weighted by atomic mass is 10.2. The van der Waals surface area contributed by atoms with Gasteiger partial charge in [0, 0.05) is 5.56 Å². The number of benzene rings is 1. The number of hydrogen-bond acceptors (Lipinski definition) is 4. The van der Waals surface area contributed by atoms with Gasteiger partial charge in [0.2, 0.25) is 5.95 Å². The van der Waals surface area contributed by atoms with Gasteiger partial charge in [0.05, 0.1) is 11.6 Å². The smallest absolute Gasteiger partial charge is 0.258 e. The van der Waals surface area contributed by atoms with E-state index in [9.17, 15) is 4.79 Å². The number of carbonyl (C=O) groups is 1. The second-order valence-corrected chi connectivity index (χ2v) is 3.99. The molecule has 0 fully saturated rings. The van der Waals surface area contributed by atoms with Crippen molar-refractivity contribution in [2.45, 2.75) is 0 Å². The summed E-state index contributed by atoms with van der Waals surface area (Å²) in [4.78, 5) is 15.6. The Morgan fingerprint density at radius 1 is 1.53 bits per heavy atom. The van der Waals surface area contributed by atoms with Gasteiger partial charge in [-0.25, -0.2) is 5.10 Å². The molecule has 1 heterocycles. The van der Waals surface area contributed by atoms with Gasteiger partial charge in [-0.2, -0.15) is 10.1 Å². The normalized spacial score (nSPS) is 10.0. The van der Waals surface area contributed by atoms with Crippen LogP contribution in [0.25, 0.3) is 0 Å². The van der Waals surface area contributed by atoms with Crippen molar-refractivity contribution in [1.29, 1.82) is 0 Å². The predicted octanol–water partition coefficient (Wildman–Crippen LogP) is 1.83. The van der Waals surface area contributed by atoms with Crippen LogP contribution in [-0.2, 0) is 0 Å². The molecule has 0 saturated carbocycles. The van der Waals surface area contributed by atoms with E-state index in [-0.39, 0.29) is 5.91 Å². The van der Waals surface area contributed by atoms with Crippen LogP contribution < -0.4 is 10.1 Å². The van der Waals surface area contributed by atoms with E-state index in [4.69, 9.17) is 4.74 Å². The number of carbonyl (C=O) groups excluding carboxylic acids is 1. The largest absolute Gasteiger partial charge is 0.496 e. The van der Waals surface area contributed by atoms with Crippen LogP contribution in [0.3, 0.4) is 0 Å². The summed E-state index contributed by atoms with van der Waals surface area (Å²) in [5.41, 5.74) is 0.495. The minimum Gasteiger partial charge on any atom is -0.496 e. The van der Waals surface area contributed by atoms with Gasteiger partial charge in [0.1, 0.15) is 12.1 Å². The van der Waals surface area contributed by atoms with Gasteiger partial charge in [-0.05, 0) is 34.1 Å². The topological polar surface area (TPSA) is 79.9 Å². The van der Waals surface area contributed by atoms with E-state index >= 15 is 0 Å². The molecule has 88 valence electrons. The number of halogens is 1. The Bertz CT molecular complexity index is 527. The monoisotopic (exact) mass is 296 g/mol. The zero-order valence-electron chi connectivity index (χ0n) is 8.90. The first-order valence-electron chi connectivity index (χ1n) is 4.71. The molecule has 1 amide bonds. The lowest BCUT2D eigenvalue weighted by Crippen LogP contribution is -2.13. The van der Waals surface area contributed by atoms with E-state index in [1.807, 2.05) is 0 Å². The summed E-state index contributed by atoms with van der Waals surface area (Å²) in [6.07, 6.45) is 1.32. The Morgan fingerprint density at radius 2 is 2.35 bits per heavy atom. The predicted molar refractivity (Wildman–Crippen MR) is 65.0 cm³/mol. The van der Waals surface area contributed by atoms with Gasteiger partial charge < -0.3 is 4.74 Å². The van der Waals surface area contributed by atoms with E-state index < -0.39 is 0 Å². The second-order valence-electron chi connectivity index (χ2n) is 3.14. The number of ether oxygens (including phenoxy) is 1. The molecule has 0 unspecified atom stereocenters. The summed E-state index contributed by atoms with van der Waals surface area (Å²) < 4.78 is 5.79. The Labute approximate surface area is 106 Å². The molecule has 1 aromatic carbocycles. The third kappa shape index (κ3) is 2.62. The zero-order valence-corrected chi connectivity index (χ0v) is 10.5. The number of amides is 1. The second kappa shape index (κ2) is 4.96. The first-order valence-corrected chi connectivity index (χ1v) is 5.50. The van der Waals surface area contributed by atoms with Crippen LogP contribution in [0, 0.1) is 0 Å². The van der Waals surface area contributed by atoms with Gasteiger partial charge in [-0.15, -0.1) is 0 Å². The lowest BCUT2D eigenvalue weighted by Gasteiger charge is -2.05. The summed E-state index contributed by atoms with van der Waals surface area (Å²) in [5.74, 6) is 0.702. The fraction of sp³-hybridized carbons (Fsp3) is 0.100. The number of rotatable bonds is 3. The van der Waals surface area contributed by atoms with Gasteiger partial charge in [0.15, 0.2) is 0 Å². The molecule has 2 rings (SSSR count). The minimum atomic E-state index is -0.273. The molecule has 0 saturated heterocycles. The van der Waals surface area contributed by atoms with Crippen molar-refractivity contribution in [2.75, 3.05) is 12.4 Å². The van der Waals surface area contributed by atoms with Crippen molar-refractivity contribution in [1.82, 2.24) is 15.2 Å². The number of nitrogens with one attached hydrogen (secondary N) is 2. The third-order valence-electron chi connectivity index (χ3n) is 2.06. The van der Waals surface area contributed by atoms with Crippen LogP contribution in [0.15, 0.2) is 29.0 Å². The molecule has 0 bridgehead atoms. The first-order chi connectivity index (χ1) is 8.20. The molecule has 7 heteroatoms. The van der Waals surface area contributed by atoms with E-state index in [0.717, 1.165) is 0 Å². The number of anilines is 1. The number of methoxy groups -OCH3 is 1. The highest BCUT2D eigenvalue weighted by atomic mass is 79.9. The Balaban J connectivity index is 2.17. The maximum Gasteiger partial charge on any atom is 0.258 e. The molecule has 2 N–H and O–H groups in total. The first kappa shape index (κ1) is 11.6. The molecule has 0 radical (unpaired) electrons. The van der Waals surface area contributed by atoms with Crippen molar-refractivity contribution in [3.05, 3.63) is 34.6 Å². The fourth-order valence-electron chi connectivity index (χ4n) is 1.25. The number of hydrogen-bond donors (Lipinski definition) is 2. The summed E-state index contributed by atoms with van der Waals surface area (Å²) in [6, 6.07) is 5.04. The summed E-state index contributed by atoms with van der Waals surface area (Å²) in [7, 11) is 1.56.